The summed E-state index contributed by atoms with van der Waals surface area (Å²) in [6.07, 6.45) is 49.9. The molecule has 19 nitrogen and oxygen atoms in total. The molecule has 0 aromatic heterocycles. The van der Waals surface area contributed by atoms with E-state index in [0.29, 0.717) is 6.42 Å². The van der Waals surface area contributed by atoms with E-state index in [1.165, 1.54) is 154 Å². The van der Waals surface area contributed by atoms with E-state index in [-0.39, 0.29) is 18.9 Å². The molecule has 3 rings (SSSR count). The Morgan fingerprint density at radius 1 is 0.381 bits per heavy atom. The molecule has 3 aliphatic rings. The van der Waals surface area contributed by atoms with E-state index >= 15 is 0 Å². The molecule has 19 heteroatoms. The van der Waals surface area contributed by atoms with Crippen molar-refractivity contribution < 1.29 is 89.4 Å². The lowest BCUT2D eigenvalue weighted by molar-refractivity contribution is -0.379. The third-order valence-electron chi connectivity index (χ3n) is 18.7. The van der Waals surface area contributed by atoms with E-state index in [0.717, 1.165) is 89.9 Å². The highest BCUT2D eigenvalue weighted by Crippen LogP contribution is 2.33. The number of nitrogens with one attached hydrogen (secondary N) is 1. The van der Waals surface area contributed by atoms with Crippen molar-refractivity contribution in [2.24, 2.45) is 0 Å². The minimum absolute atomic E-state index is 0.209. The third-order valence-corrected chi connectivity index (χ3v) is 18.7. The number of aliphatic hydroxyl groups is 11. The number of unbranched alkanes of at least 4 members (excludes halogenated alkanes) is 31. The quantitative estimate of drug-likeness (QED) is 0.0199. The van der Waals surface area contributed by atoms with Crippen LogP contribution in [0.15, 0.2) is 85.1 Å². The van der Waals surface area contributed by atoms with E-state index in [1.54, 1.807) is 6.08 Å². The zero-order valence-corrected chi connectivity index (χ0v) is 59.8. The molecule has 3 fully saturated rings. The number of ether oxygens (including phenoxy) is 6. The first-order valence-electron chi connectivity index (χ1n) is 38.3. The molecule has 97 heavy (non-hydrogen) atoms. The molecule has 0 aromatic carbocycles. The maximum atomic E-state index is 13.4. The highest BCUT2D eigenvalue weighted by Gasteiger charge is 2.53. The second-order valence-electron chi connectivity index (χ2n) is 27.1. The van der Waals surface area contributed by atoms with E-state index in [4.69, 9.17) is 28.4 Å². The van der Waals surface area contributed by atoms with Gasteiger partial charge in [0, 0.05) is 6.42 Å². The topological polar surface area (TPSA) is 307 Å². The summed E-state index contributed by atoms with van der Waals surface area (Å²) in [6, 6.07) is -0.994. The van der Waals surface area contributed by atoms with Gasteiger partial charge in [-0.1, -0.05) is 279 Å². The highest BCUT2D eigenvalue weighted by atomic mass is 16.8. The normalized spacial score (nSPS) is 27.4. The Labute approximate surface area is 584 Å². The van der Waals surface area contributed by atoms with Gasteiger partial charge in [0.25, 0.3) is 0 Å². The predicted molar refractivity (Wildman–Crippen MR) is 383 cm³/mol. The van der Waals surface area contributed by atoms with Crippen molar-refractivity contribution in [2.75, 3.05) is 26.4 Å². The van der Waals surface area contributed by atoms with Crippen molar-refractivity contribution in [3.05, 3.63) is 85.1 Å². The summed E-state index contributed by atoms with van der Waals surface area (Å²) in [5, 5.41) is 121. The second kappa shape index (κ2) is 58.5. The average molecular weight is 1380 g/mol. The number of hydrogen-bond acceptors (Lipinski definition) is 18. The van der Waals surface area contributed by atoms with Crippen molar-refractivity contribution >= 4 is 5.91 Å². The fourth-order valence-corrected chi connectivity index (χ4v) is 12.5. The van der Waals surface area contributed by atoms with Crippen LogP contribution in [-0.2, 0) is 33.2 Å². The Kier molecular flexibility index (Phi) is 53.2. The number of hydrogen-bond donors (Lipinski definition) is 12. The van der Waals surface area contributed by atoms with E-state index in [2.05, 4.69) is 92.1 Å². The smallest absolute Gasteiger partial charge is 0.220 e. The minimum Gasteiger partial charge on any atom is -0.394 e. The van der Waals surface area contributed by atoms with Crippen molar-refractivity contribution in [1.82, 2.24) is 5.32 Å². The predicted octanol–water partition coefficient (Wildman–Crippen LogP) is 11.8. The van der Waals surface area contributed by atoms with Gasteiger partial charge in [0.05, 0.1) is 38.6 Å². The van der Waals surface area contributed by atoms with Gasteiger partial charge in [0.2, 0.25) is 5.91 Å². The zero-order valence-electron chi connectivity index (χ0n) is 59.8. The molecule has 0 bridgehead atoms. The first-order valence-corrected chi connectivity index (χ1v) is 38.3. The lowest BCUT2D eigenvalue weighted by Crippen LogP contribution is -2.66. The van der Waals surface area contributed by atoms with Gasteiger partial charge in [-0.05, 0) is 70.6 Å². The molecule has 17 unspecified atom stereocenters. The van der Waals surface area contributed by atoms with Gasteiger partial charge < -0.3 is 89.9 Å². The fraction of sp³-hybridized carbons (Fsp3) is 0.808. The minimum atomic E-state index is -1.99. The Morgan fingerprint density at radius 2 is 0.711 bits per heavy atom. The number of allylic oxidation sites excluding steroid dienone is 13. The highest BCUT2D eigenvalue weighted by molar-refractivity contribution is 5.76. The Bertz CT molecular complexity index is 2080. The molecule has 0 aromatic rings. The maximum absolute atomic E-state index is 13.4. The summed E-state index contributed by atoms with van der Waals surface area (Å²) in [5.41, 5.74) is 0. The Morgan fingerprint density at radius 3 is 1.11 bits per heavy atom. The summed E-state index contributed by atoms with van der Waals surface area (Å²) in [5.74, 6) is -0.300. The molecule has 3 heterocycles. The van der Waals surface area contributed by atoms with Crippen LogP contribution in [0.5, 0.6) is 0 Å². The van der Waals surface area contributed by atoms with Crippen LogP contribution in [0.25, 0.3) is 0 Å². The maximum Gasteiger partial charge on any atom is 0.220 e. The van der Waals surface area contributed by atoms with Crippen molar-refractivity contribution in [3.63, 3.8) is 0 Å². The molecule has 1 amide bonds. The molecular formula is C78H137NO18. The van der Waals surface area contributed by atoms with Crippen LogP contribution in [0.2, 0.25) is 0 Å². The summed E-state index contributed by atoms with van der Waals surface area (Å²) in [4.78, 5) is 13.4. The van der Waals surface area contributed by atoms with Gasteiger partial charge in [0.1, 0.15) is 73.2 Å². The van der Waals surface area contributed by atoms with Crippen LogP contribution in [0.3, 0.4) is 0 Å². The molecular weight excluding hydrogens is 1240 g/mol. The van der Waals surface area contributed by atoms with E-state index in [1.807, 2.05) is 6.08 Å². The van der Waals surface area contributed by atoms with Crippen molar-refractivity contribution in [1.29, 1.82) is 0 Å². The monoisotopic (exact) mass is 1380 g/mol. The first-order chi connectivity index (χ1) is 47.3. The number of aliphatic hydroxyl groups excluding tert-OH is 11. The van der Waals surface area contributed by atoms with Crippen molar-refractivity contribution in [2.45, 2.75) is 375 Å². The van der Waals surface area contributed by atoms with Crippen LogP contribution < -0.4 is 5.32 Å². The lowest BCUT2D eigenvalue weighted by atomic mass is 9.96. The summed E-state index contributed by atoms with van der Waals surface area (Å²) < 4.78 is 34.4. The van der Waals surface area contributed by atoms with Gasteiger partial charge in [-0.2, -0.15) is 0 Å². The van der Waals surface area contributed by atoms with Crippen LogP contribution in [0.1, 0.15) is 271 Å². The average Bonchev–Trinajstić information content (AvgIpc) is 0.826. The standard InChI is InChI=1S/C78H137NO18/c1-3-5-7-9-11-13-15-17-19-21-23-25-27-28-29-30-31-32-34-35-37-39-41-43-45-47-49-51-53-55-62(83)61(79-66(84)56-54-52-50-48-46-44-42-40-38-36-33-26-24-22-20-18-16-14-12-10-8-6-4-2)60-92-76-72(90)69(87)74(64(58-81)94-76)97-78-73(91)70(88)75(65(59-82)95-78)96-77-71(89)68(86)67(85)63(57-80)93-77/h6,8,12,14,18,20,24,26,36,38,42,44,53,55,61-65,67-78,80-83,85-91H,3-5,7,9-11,13,15-17,19,21-23,25,27-35,37,39-41,43,45-52,54,56-60H2,1-2H3,(H,79,84)/b8-6-,14-12-,20-18-,26-24-,38-36-,44-42-,55-53+. The number of carbonyl (C=O) groups excluding carboxylic acids is 1. The Hall–Kier alpha value is -3.03. The van der Waals surface area contributed by atoms with Crippen LogP contribution in [0.4, 0.5) is 0 Å². The molecule has 12 N–H and O–H groups in total. The van der Waals surface area contributed by atoms with Crippen LogP contribution >= 0.6 is 0 Å². The van der Waals surface area contributed by atoms with Gasteiger partial charge >= 0.3 is 0 Å². The van der Waals surface area contributed by atoms with E-state index < -0.39 is 124 Å². The molecule has 562 valence electrons. The Balaban J connectivity index is 1.41. The number of amides is 1. The molecule has 3 aliphatic heterocycles. The molecule has 3 saturated heterocycles. The van der Waals surface area contributed by atoms with Gasteiger partial charge in [0.15, 0.2) is 18.9 Å². The first kappa shape index (κ1) is 88.2. The van der Waals surface area contributed by atoms with Crippen LogP contribution in [0, 0.1) is 0 Å². The van der Waals surface area contributed by atoms with Gasteiger partial charge in [-0.3, -0.25) is 4.79 Å². The summed E-state index contributed by atoms with van der Waals surface area (Å²) in [6.45, 7) is 1.62. The third kappa shape index (κ3) is 39.3. The SMILES string of the molecule is CC/C=C\C/C=C\C/C=C\C/C=C\C/C=C\C/C=C\CCCCCCC(=O)NC(COC1OC(CO)C(OC2OC(CO)C(OC3OC(CO)C(O)C(O)C3O)C(O)C2O)C(O)C1O)C(O)/C=C/CCCCCCCCCCCCCCCCCCCCCCCCCCCCC. The summed E-state index contributed by atoms with van der Waals surface area (Å²) in [7, 11) is 0. The molecule has 0 saturated carbocycles. The largest absolute Gasteiger partial charge is 0.394 e. The number of rotatable bonds is 59. The van der Waals surface area contributed by atoms with Gasteiger partial charge in [-0.15, -0.1) is 0 Å². The summed E-state index contributed by atoms with van der Waals surface area (Å²) >= 11 is 0. The fourth-order valence-electron chi connectivity index (χ4n) is 12.5. The molecule has 17 atom stereocenters. The second-order valence-corrected chi connectivity index (χ2v) is 27.1. The number of carbonyl (C=O) groups is 1. The van der Waals surface area contributed by atoms with Crippen LogP contribution in [-0.4, -0.2) is 193 Å². The van der Waals surface area contributed by atoms with Crippen molar-refractivity contribution in [3.8, 4) is 0 Å². The zero-order chi connectivity index (χ0) is 70.4. The molecule has 0 spiro atoms. The lowest BCUT2D eigenvalue weighted by Gasteiger charge is -2.48. The van der Waals surface area contributed by atoms with Gasteiger partial charge in [-0.25, -0.2) is 0 Å². The molecule has 0 aliphatic carbocycles. The molecule has 0 radical (unpaired) electrons. The van der Waals surface area contributed by atoms with E-state index in [9.17, 15) is 61.0 Å².